The summed E-state index contributed by atoms with van der Waals surface area (Å²) in [5.41, 5.74) is 1.55. The van der Waals surface area contributed by atoms with Gasteiger partial charge in [-0.3, -0.25) is 9.59 Å². The summed E-state index contributed by atoms with van der Waals surface area (Å²) in [4.78, 5) is 26.1. The number of thiophene rings is 1. The molecule has 1 aromatic heterocycles. The van der Waals surface area contributed by atoms with Crippen LogP contribution in [0.1, 0.15) is 46.6 Å². The Hall–Kier alpha value is -3.26. The molecule has 0 aliphatic rings. The Labute approximate surface area is 189 Å². The number of carbonyl (C=O) groups excluding carboxylic acids is 2. The molecule has 0 fully saturated rings. The average Bonchev–Trinajstić information content (AvgIpc) is 3.27. The zero-order valence-electron chi connectivity index (χ0n) is 17.5. The van der Waals surface area contributed by atoms with E-state index in [2.05, 4.69) is 15.4 Å². The van der Waals surface area contributed by atoms with Crippen molar-refractivity contribution < 1.29 is 23.1 Å². The van der Waals surface area contributed by atoms with Crippen molar-refractivity contribution in [2.75, 3.05) is 5.32 Å². The molecular weight excluding hydrogens is 434 g/mol. The summed E-state index contributed by atoms with van der Waals surface area (Å²) in [6.45, 7) is -1.16. The molecule has 0 spiro atoms. The lowest BCUT2D eigenvalue weighted by Gasteiger charge is -2.16. The van der Waals surface area contributed by atoms with Gasteiger partial charge < -0.3 is 15.4 Å². The van der Waals surface area contributed by atoms with Gasteiger partial charge in [0, 0.05) is 22.5 Å². The van der Waals surface area contributed by atoms with Crippen LogP contribution < -0.4 is 15.4 Å². The van der Waals surface area contributed by atoms with E-state index >= 15 is 0 Å². The van der Waals surface area contributed by atoms with Crippen molar-refractivity contribution in [2.24, 2.45) is 0 Å². The Morgan fingerprint density at radius 2 is 1.88 bits per heavy atom. The van der Waals surface area contributed by atoms with Crippen molar-refractivity contribution in [1.29, 1.82) is 0 Å². The van der Waals surface area contributed by atoms with E-state index in [1.165, 1.54) is 17.0 Å². The molecule has 1 heterocycles. The fourth-order valence-electron chi connectivity index (χ4n) is 3.16. The van der Waals surface area contributed by atoms with E-state index in [1.807, 2.05) is 17.5 Å². The third-order valence-corrected chi connectivity index (χ3v) is 5.68. The van der Waals surface area contributed by atoms with Crippen LogP contribution >= 0.6 is 11.3 Å². The van der Waals surface area contributed by atoms with Gasteiger partial charge >= 0.3 is 6.61 Å². The molecule has 32 heavy (non-hydrogen) atoms. The third kappa shape index (κ3) is 7.16. The predicted molar refractivity (Wildman–Crippen MR) is 121 cm³/mol. The van der Waals surface area contributed by atoms with Gasteiger partial charge in [0.15, 0.2) is 0 Å². The second kappa shape index (κ2) is 11.4. The van der Waals surface area contributed by atoms with Gasteiger partial charge in [0.25, 0.3) is 5.91 Å². The second-order valence-corrected chi connectivity index (χ2v) is 8.24. The number of anilines is 1. The minimum Gasteiger partial charge on any atom is -0.435 e. The van der Waals surface area contributed by atoms with Crippen molar-refractivity contribution in [3.8, 4) is 5.75 Å². The summed E-state index contributed by atoms with van der Waals surface area (Å²) in [6, 6.07) is 16.5. The Balaban J connectivity index is 1.54. The summed E-state index contributed by atoms with van der Waals surface area (Å²) in [5, 5.41) is 7.67. The van der Waals surface area contributed by atoms with Crippen molar-refractivity contribution >= 4 is 28.8 Å². The molecule has 0 radical (unpaired) electrons. The molecule has 2 amide bonds. The van der Waals surface area contributed by atoms with Crippen LogP contribution in [0.4, 0.5) is 14.5 Å². The summed E-state index contributed by atoms with van der Waals surface area (Å²) < 4.78 is 29.3. The van der Waals surface area contributed by atoms with E-state index in [4.69, 9.17) is 0 Å². The molecule has 0 aliphatic heterocycles. The van der Waals surface area contributed by atoms with Crippen LogP contribution in [0.25, 0.3) is 0 Å². The van der Waals surface area contributed by atoms with Gasteiger partial charge in [-0.1, -0.05) is 24.3 Å². The van der Waals surface area contributed by atoms with Gasteiger partial charge in [-0.15, -0.1) is 11.3 Å². The smallest absolute Gasteiger partial charge is 0.387 e. The maximum Gasteiger partial charge on any atom is 0.387 e. The lowest BCUT2D eigenvalue weighted by atomic mass is 10.1. The van der Waals surface area contributed by atoms with Crippen LogP contribution in [-0.4, -0.2) is 18.4 Å². The lowest BCUT2D eigenvalue weighted by Crippen LogP contribution is -2.26. The maximum atomic E-state index is 12.7. The molecule has 2 N–H and O–H groups in total. The molecular formula is C24H24F2N2O3S. The van der Waals surface area contributed by atoms with Crippen LogP contribution in [0.3, 0.4) is 0 Å². The molecule has 1 atom stereocenters. The number of ether oxygens (including phenoxy) is 1. The fourth-order valence-corrected chi connectivity index (χ4v) is 3.91. The van der Waals surface area contributed by atoms with Crippen LogP contribution in [-0.2, 0) is 11.2 Å². The van der Waals surface area contributed by atoms with Crippen LogP contribution in [0.2, 0.25) is 0 Å². The Morgan fingerprint density at radius 1 is 1.06 bits per heavy atom. The van der Waals surface area contributed by atoms with Gasteiger partial charge in [0.2, 0.25) is 5.91 Å². The molecule has 5 nitrogen and oxygen atoms in total. The first kappa shape index (κ1) is 23.4. The number of rotatable bonds is 10. The summed E-state index contributed by atoms with van der Waals surface area (Å²) >= 11 is 1.67. The van der Waals surface area contributed by atoms with Gasteiger partial charge in [0.05, 0.1) is 6.04 Å². The fraction of sp³-hybridized carbons (Fsp3) is 0.250. The first-order chi connectivity index (χ1) is 15.4. The van der Waals surface area contributed by atoms with Gasteiger partial charge in [0.1, 0.15) is 5.75 Å². The predicted octanol–water partition coefficient (Wildman–Crippen LogP) is 5.80. The lowest BCUT2D eigenvalue weighted by molar-refractivity contribution is -0.116. The number of hydrogen-bond donors (Lipinski definition) is 2. The molecule has 0 saturated carbocycles. The number of halogens is 2. The minimum absolute atomic E-state index is 0.0300. The van der Waals surface area contributed by atoms with Crippen molar-refractivity contribution in [3.63, 3.8) is 0 Å². The zero-order valence-corrected chi connectivity index (χ0v) is 18.3. The van der Waals surface area contributed by atoms with Gasteiger partial charge in [-0.05, 0) is 67.1 Å². The molecule has 3 aromatic rings. The molecule has 0 aliphatic carbocycles. The highest BCUT2D eigenvalue weighted by Gasteiger charge is 2.14. The minimum atomic E-state index is -2.91. The Morgan fingerprint density at radius 3 is 2.62 bits per heavy atom. The van der Waals surface area contributed by atoms with Crippen molar-refractivity contribution in [3.05, 3.63) is 82.0 Å². The zero-order chi connectivity index (χ0) is 22.9. The molecule has 1 unspecified atom stereocenters. The van der Waals surface area contributed by atoms with Gasteiger partial charge in [-0.2, -0.15) is 8.78 Å². The molecule has 0 bridgehead atoms. The Bertz CT molecular complexity index is 1040. The van der Waals surface area contributed by atoms with E-state index in [0.29, 0.717) is 23.2 Å². The highest BCUT2D eigenvalue weighted by Crippen LogP contribution is 2.21. The number of benzene rings is 2. The van der Waals surface area contributed by atoms with Crippen LogP contribution in [0.15, 0.2) is 66.0 Å². The third-order valence-electron chi connectivity index (χ3n) is 4.75. The number of aryl methyl sites for hydroxylation is 1. The van der Waals surface area contributed by atoms with Crippen molar-refractivity contribution in [1.82, 2.24) is 5.32 Å². The standard InChI is InChI=1S/C24H24F2N2O3S/c1-16(17-6-3-9-20(15-17)31-24(25)26)27-23(30)18-7-2-8-19(14-18)28-22(29)12-4-10-21-11-5-13-32-21/h2-3,5-9,11,13-16,24H,4,10,12H2,1H3,(H,27,30)(H,28,29). The number of carbonyl (C=O) groups is 2. The first-order valence-corrected chi connectivity index (χ1v) is 11.1. The van der Waals surface area contributed by atoms with Gasteiger partial charge in [-0.25, -0.2) is 0 Å². The molecule has 0 saturated heterocycles. The second-order valence-electron chi connectivity index (χ2n) is 7.21. The Kier molecular flexibility index (Phi) is 8.33. The van der Waals surface area contributed by atoms with Crippen LogP contribution in [0.5, 0.6) is 5.75 Å². The van der Waals surface area contributed by atoms with Crippen molar-refractivity contribution in [2.45, 2.75) is 38.8 Å². The molecule has 2 aromatic carbocycles. The normalized spacial score (nSPS) is 11.8. The van der Waals surface area contributed by atoms with E-state index < -0.39 is 12.7 Å². The quantitative estimate of drug-likeness (QED) is 0.403. The number of nitrogens with one attached hydrogen (secondary N) is 2. The summed E-state index contributed by atoms with van der Waals surface area (Å²) in [7, 11) is 0. The van der Waals surface area contributed by atoms with E-state index in [1.54, 1.807) is 54.7 Å². The summed E-state index contributed by atoms with van der Waals surface area (Å²) in [5.74, 6) is -0.419. The van der Waals surface area contributed by atoms with E-state index in [9.17, 15) is 18.4 Å². The maximum absolute atomic E-state index is 12.7. The van der Waals surface area contributed by atoms with E-state index in [0.717, 1.165) is 12.8 Å². The number of alkyl halides is 2. The molecule has 3 rings (SSSR count). The average molecular weight is 459 g/mol. The first-order valence-electron chi connectivity index (χ1n) is 10.2. The van der Waals surface area contributed by atoms with E-state index in [-0.39, 0.29) is 17.6 Å². The number of hydrogen-bond acceptors (Lipinski definition) is 4. The largest absolute Gasteiger partial charge is 0.435 e. The molecule has 8 heteroatoms. The highest BCUT2D eigenvalue weighted by atomic mass is 32.1. The summed E-state index contributed by atoms with van der Waals surface area (Å²) in [6.07, 6.45) is 2.00. The number of amides is 2. The SMILES string of the molecule is CC(NC(=O)c1cccc(NC(=O)CCCc2cccs2)c1)c1cccc(OC(F)F)c1. The van der Waals surface area contributed by atoms with Crippen LogP contribution in [0, 0.1) is 0 Å². The highest BCUT2D eigenvalue weighted by molar-refractivity contribution is 7.09. The monoisotopic (exact) mass is 458 g/mol. The topological polar surface area (TPSA) is 67.4 Å². The molecule has 168 valence electrons.